The molecule has 3 aromatic carbocycles. The number of para-hydroxylation sites is 3. The van der Waals surface area contributed by atoms with E-state index in [1.54, 1.807) is 24.0 Å². The van der Waals surface area contributed by atoms with Gasteiger partial charge in [0.2, 0.25) is 5.91 Å². The summed E-state index contributed by atoms with van der Waals surface area (Å²) >= 11 is 0. The van der Waals surface area contributed by atoms with Gasteiger partial charge in [-0.25, -0.2) is 4.79 Å². The smallest absolute Gasteiger partial charge is 0.318 e. The van der Waals surface area contributed by atoms with Crippen molar-refractivity contribution >= 4 is 28.5 Å². The number of hydrogen-bond acceptors (Lipinski definition) is 4. The standard InChI is InChI=1S/C31H35N5O3/c1-34(22-23-10-4-3-5-11-23)30(37)27(20-24-21-32-26-13-7-6-12-25(24)26)33-31(38)36-18-16-35(17-19-36)28-14-8-9-15-29(28)39-2/h3-15,21,27,32H,16-20,22H2,1-2H3,(H,33,38)/t27-/m0/s1. The van der Waals surface area contributed by atoms with Crippen LogP contribution in [-0.2, 0) is 17.8 Å². The largest absolute Gasteiger partial charge is 0.495 e. The molecule has 0 spiro atoms. The summed E-state index contributed by atoms with van der Waals surface area (Å²) in [7, 11) is 3.46. The molecule has 0 unspecified atom stereocenters. The number of anilines is 1. The van der Waals surface area contributed by atoms with Crippen LogP contribution >= 0.6 is 0 Å². The van der Waals surface area contributed by atoms with Crippen LogP contribution in [0.4, 0.5) is 10.5 Å². The molecular weight excluding hydrogens is 490 g/mol. The first-order valence-corrected chi connectivity index (χ1v) is 13.3. The second-order valence-corrected chi connectivity index (χ2v) is 9.89. The SMILES string of the molecule is COc1ccccc1N1CCN(C(=O)N[C@@H](Cc2c[nH]c3ccccc23)C(=O)N(C)Cc2ccccc2)CC1. The van der Waals surface area contributed by atoms with E-state index in [1.165, 1.54) is 0 Å². The van der Waals surface area contributed by atoms with Crippen molar-refractivity contribution in [2.24, 2.45) is 0 Å². The number of nitrogens with one attached hydrogen (secondary N) is 2. The molecule has 8 heteroatoms. The Hall–Kier alpha value is -4.46. The third-order valence-corrected chi connectivity index (χ3v) is 7.33. The molecule has 1 fully saturated rings. The van der Waals surface area contributed by atoms with Gasteiger partial charge in [0, 0.05) is 63.3 Å². The van der Waals surface area contributed by atoms with E-state index < -0.39 is 6.04 Å². The fourth-order valence-electron chi connectivity index (χ4n) is 5.20. The minimum Gasteiger partial charge on any atom is -0.495 e. The van der Waals surface area contributed by atoms with E-state index in [9.17, 15) is 9.59 Å². The number of rotatable bonds is 8. The lowest BCUT2D eigenvalue weighted by atomic mass is 10.0. The van der Waals surface area contributed by atoms with E-state index in [4.69, 9.17) is 4.74 Å². The number of aromatic amines is 1. The molecule has 2 heterocycles. The predicted octanol–water partition coefficient (Wildman–Crippen LogP) is 4.28. The molecule has 2 N–H and O–H groups in total. The van der Waals surface area contributed by atoms with E-state index in [0.717, 1.165) is 33.5 Å². The van der Waals surface area contributed by atoms with Crippen LogP contribution in [0.15, 0.2) is 85.1 Å². The Bertz CT molecular complexity index is 1410. The van der Waals surface area contributed by atoms with E-state index in [0.29, 0.717) is 39.1 Å². The van der Waals surface area contributed by atoms with E-state index in [1.807, 2.05) is 85.1 Å². The molecule has 4 aromatic rings. The summed E-state index contributed by atoms with van der Waals surface area (Å²) in [5.74, 6) is 0.700. The number of fused-ring (bicyclic) bond motifs is 1. The monoisotopic (exact) mass is 525 g/mol. The van der Waals surface area contributed by atoms with E-state index in [-0.39, 0.29) is 11.9 Å². The quantitative estimate of drug-likeness (QED) is 0.360. The molecule has 5 rings (SSSR count). The van der Waals surface area contributed by atoms with Gasteiger partial charge < -0.3 is 29.7 Å². The van der Waals surface area contributed by atoms with Gasteiger partial charge in [-0.3, -0.25) is 4.79 Å². The van der Waals surface area contributed by atoms with E-state index >= 15 is 0 Å². The van der Waals surface area contributed by atoms with Crippen molar-refractivity contribution in [3.05, 3.63) is 96.2 Å². The molecular formula is C31H35N5O3. The van der Waals surface area contributed by atoms with Crippen molar-refractivity contribution in [2.75, 3.05) is 45.2 Å². The Morgan fingerprint density at radius 2 is 1.64 bits per heavy atom. The summed E-state index contributed by atoms with van der Waals surface area (Å²) in [6.45, 7) is 2.94. The highest BCUT2D eigenvalue weighted by Crippen LogP contribution is 2.28. The molecule has 3 amide bonds. The van der Waals surface area contributed by atoms with Crippen molar-refractivity contribution in [1.82, 2.24) is 20.1 Å². The molecule has 1 aliphatic rings. The zero-order chi connectivity index (χ0) is 27.2. The van der Waals surface area contributed by atoms with Gasteiger partial charge in [-0.05, 0) is 29.3 Å². The third kappa shape index (κ3) is 6.00. The minimum absolute atomic E-state index is 0.120. The first-order valence-electron chi connectivity index (χ1n) is 13.3. The molecule has 0 aliphatic carbocycles. The van der Waals surface area contributed by atoms with Crippen molar-refractivity contribution in [2.45, 2.75) is 19.0 Å². The number of piperazine rings is 1. The van der Waals surface area contributed by atoms with Crippen molar-refractivity contribution in [1.29, 1.82) is 0 Å². The molecule has 1 saturated heterocycles. The zero-order valence-corrected chi connectivity index (χ0v) is 22.5. The van der Waals surface area contributed by atoms with E-state index in [2.05, 4.69) is 15.2 Å². The number of hydrogen-bond donors (Lipinski definition) is 2. The molecule has 39 heavy (non-hydrogen) atoms. The normalized spacial score (nSPS) is 14.2. The van der Waals surface area contributed by atoms with Gasteiger partial charge in [-0.1, -0.05) is 60.7 Å². The van der Waals surface area contributed by atoms with Crippen LogP contribution in [0, 0.1) is 0 Å². The number of aromatic nitrogens is 1. The topological polar surface area (TPSA) is 80.9 Å². The van der Waals surface area contributed by atoms with Crippen LogP contribution in [0.5, 0.6) is 5.75 Å². The molecule has 1 aromatic heterocycles. The number of amides is 3. The third-order valence-electron chi connectivity index (χ3n) is 7.33. The van der Waals surface area contributed by atoms with Crippen molar-refractivity contribution < 1.29 is 14.3 Å². The highest BCUT2D eigenvalue weighted by atomic mass is 16.5. The number of carbonyl (C=O) groups excluding carboxylic acids is 2. The average Bonchev–Trinajstić information content (AvgIpc) is 3.39. The lowest BCUT2D eigenvalue weighted by Crippen LogP contribution is -2.56. The van der Waals surface area contributed by atoms with Crippen LogP contribution in [0.1, 0.15) is 11.1 Å². The lowest BCUT2D eigenvalue weighted by molar-refractivity contribution is -0.132. The number of nitrogens with zero attached hydrogens (tertiary/aromatic N) is 3. The Kier molecular flexibility index (Phi) is 8.01. The summed E-state index contributed by atoms with van der Waals surface area (Å²) in [4.78, 5) is 36.1. The van der Waals surface area contributed by atoms with Crippen LogP contribution in [0.2, 0.25) is 0 Å². The fourth-order valence-corrected chi connectivity index (χ4v) is 5.20. The van der Waals surface area contributed by atoms with Gasteiger partial charge in [0.05, 0.1) is 12.8 Å². The molecule has 0 saturated carbocycles. The second-order valence-electron chi connectivity index (χ2n) is 9.89. The van der Waals surface area contributed by atoms with Gasteiger partial charge in [0.15, 0.2) is 0 Å². The number of likely N-dealkylation sites (N-methyl/N-ethyl adjacent to an activating group) is 1. The summed E-state index contributed by atoms with van der Waals surface area (Å²) in [5, 5.41) is 4.13. The van der Waals surface area contributed by atoms with Gasteiger partial charge in [-0.15, -0.1) is 0 Å². The van der Waals surface area contributed by atoms with Gasteiger partial charge in [-0.2, -0.15) is 0 Å². The Morgan fingerprint density at radius 3 is 2.41 bits per heavy atom. The summed E-state index contributed by atoms with van der Waals surface area (Å²) in [6, 6.07) is 24.9. The lowest BCUT2D eigenvalue weighted by Gasteiger charge is -2.37. The second kappa shape index (κ2) is 11.9. The van der Waals surface area contributed by atoms with Gasteiger partial charge in [0.1, 0.15) is 11.8 Å². The first-order chi connectivity index (χ1) is 19.0. The Balaban J connectivity index is 1.29. The van der Waals surface area contributed by atoms with Gasteiger partial charge in [0.25, 0.3) is 0 Å². The molecule has 8 nitrogen and oxygen atoms in total. The van der Waals surface area contributed by atoms with Crippen LogP contribution < -0.4 is 15.0 Å². The maximum absolute atomic E-state index is 13.7. The maximum atomic E-state index is 13.7. The van der Waals surface area contributed by atoms with Crippen molar-refractivity contribution in [3.8, 4) is 5.75 Å². The molecule has 202 valence electrons. The Labute approximate surface area is 229 Å². The van der Waals surface area contributed by atoms with Gasteiger partial charge >= 0.3 is 6.03 Å². The molecule has 1 atom stereocenters. The predicted molar refractivity (Wildman–Crippen MR) is 154 cm³/mol. The number of urea groups is 1. The highest BCUT2D eigenvalue weighted by molar-refractivity contribution is 5.89. The maximum Gasteiger partial charge on any atom is 0.318 e. The highest BCUT2D eigenvalue weighted by Gasteiger charge is 2.29. The number of methoxy groups -OCH3 is 1. The molecule has 1 aliphatic heterocycles. The van der Waals surface area contributed by atoms with Crippen LogP contribution in [-0.4, -0.2) is 73.1 Å². The summed E-state index contributed by atoms with van der Waals surface area (Å²) in [6.07, 6.45) is 2.33. The average molecular weight is 526 g/mol. The first kappa shape index (κ1) is 26.2. The molecule has 0 bridgehead atoms. The summed E-state index contributed by atoms with van der Waals surface area (Å²) < 4.78 is 5.52. The zero-order valence-electron chi connectivity index (χ0n) is 22.5. The van der Waals surface area contributed by atoms with Crippen LogP contribution in [0.25, 0.3) is 10.9 Å². The minimum atomic E-state index is -0.697. The van der Waals surface area contributed by atoms with Crippen molar-refractivity contribution in [3.63, 3.8) is 0 Å². The number of carbonyl (C=O) groups is 2. The fraction of sp³-hybridized carbons (Fsp3) is 0.290. The molecule has 0 radical (unpaired) electrons. The van der Waals surface area contributed by atoms with Crippen LogP contribution in [0.3, 0.4) is 0 Å². The number of benzene rings is 3. The Morgan fingerprint density at radius 1 is 0.949 bits per heavy atom. The summed E-state index contributed by atoms with van der Waals surface area (Å²) in [5.41, 5.74) is 4.07. The number of H-pyrrole nitrogens is 1. The number of ether oxygens (including phenoxy) is 1.